The standard InChI is InChI=1S/C8H8N2.C7H6N2S.2C2H6/c1-7-6-10-5-3-2-4-8(10)9-7;1-5-9-6-3-2-4-8-7(6)10-5;2*1-2/h2-6H,1H3;2-4H,1H3;2*1-2H3. The van der Waals surface area contributed by atoms with E-state index in [4.69, 9.17) is 0 Å². The van der Waals surface area contributed by atoms with E-state index in [2.05, 4.69) is 15.0 Å². The molecule has 128 valence electrons. The van der Waals surface area contributed by atoms with Crippen molar-refractivity contribution in [2.24, 2.45) is 0 Å². The van der Waals surface area contributed by atoms with E-state index in [0.717, 1.165) is 26.7 Å². The van der Waals surface area contributed by atoms with Crippen LogP contribution in [0.1, 0.15) is 38.4 Å². The summed E-state index contributed by atoms with van der Waals surface area (Å²) in [5.74, 6) is 0. The molecule has 0 aliphatic rings. The number of thiazole rings is 1. The third-order valence-electron chi connectivity index (χ3n) is 2.76. The van der Waals surface area contributed by atoms with E-state index in [-0.39, 0.29) is 0 Å². The third kappa shape index (κ3) is 5.42. The zero-order chi connectivity index (χ0) is 17.9. The largest absolute Gasteiger partial charge is 0.307 e. The fourth-order valence-electron chi connectivity index (χ4n) is 1.94. The molecule has 0 saturated carbocycles. The monoisotopic (exact) mass is 342 g/mol. The second-order valence-electron chi connectivity index (χ2n) is 4.41. The Kier molecular flexibility index (Phi) is 8.65. The summed E-state index contributed by atoms with van der Waals surface area (Å²) in [5, 5.41) is 1.08. The lowest BCUT2D eigenvalue weighted by molar-refractivity contribution is 1.18. The number of fused-ring (bicyclic) bond motifs is 2. The maximum absolute atomic E-state index is 4.28. The Morgan fingerprint density at radius 1 is 0.917 bits per heavy atom. The molecule has 0 bridgehead atoms. The first-order valence-electron chi connectivity index (χ1n) is 8.31. The second-order valence-corrected chi connectivity index (χ2v) is 5.59. The van der Waals surface area contributed by atoms with Crippen LogP contribution in [0.2, 0.25) is 0 Å². The molecule has 0 aromatic carbocycles. The van der Waals surface area contributed by atoms with Gasteiger partial charge in [-0.3, -0.25) is 0 Å². The van der Waals surface area contributed by atoms with Gasteiger partial charge in [0.1, 0.15) is 16.0 Å². The number of aryl methyl sites for hydroxylation is 2. The Morgan fingerprint density at radius 3 is 2.33 bits per heavy atom. The van der Waals surface area contributed by atoms with E-state index < -0.39 is 0 Å². The molecule has 4 rings (SSSR count). The van der Waals surface area contributed by atoms with Crippen molar-refractivity contribution in [1.82, 2.24) is 19.4 Å². The maximum atomic E-state index is 4.28. The third-order valence-corrected chi connectivity index (χ3v) is 3.65. The molecule has 0 spiro atoms. The maximum Gasteiger partial charge on any atom is 0.143 e. The predicted molar refractivity (Wildman–Crippen MR) is 105 cm³/mol. The smallest absolute Gasteiger partial charge is 0.143 e. The predicted octanol–water partition coefficient (Wildman–Crippen LogP) is 5.69. The molecule has 0 N–H and O–H groups in total. The minimum absolute atomic E-state index is 1.00. The Morgan fingerprint density at radius 2 is 1.67 bits per heavy atom. The molecule has 24 heavy (non-hydrogen) atoms. The summed E-state index contributed by atoms with van der Waals surface area (Å²) < 4.78 is 2.01. The van der Waals surface area contributed by atoms with Crippen LogP contribution < -0.4 is 0 Å². The van der Waals surface area contributed by atoms with Gasteiger partial charge in [-0.2, -0.15) is 0 Å². The van der Waals surface area contributed by atoms with Gasteiger partial charge in [0.05, 0.1) is 10.7 Å². The number of rotatable bonds is 0. The summed E-state index contributed by atoms with van der Waals surface area (Å²) in [6.45, 7) is 12.0. The van der Waals surface area contributed by atoms with Gasteiger partial charge in [-0.1, -0.05) is 45.1 Å². The molecule has 0 unspecified atom stereocenters. The summed E-state index contributed by atoms with van der Waals surface area (Å²) in [6.07, 6.45) is 5.80. The summed E-state index contributed by atoms with van der Waals surface area (Å²) in [6, 6.07) is 9.86. The molecule has 0 aliphatic heterocycles. The van der Waals surface area contributed by atoms with Crippen LogP contribution in [0, 0.1) is 13.8 Å². The number of hydrogen-bond acceptors (Lipinski definition) is 4. The molecule has 4 nitrogen and oxygen atoms in total. The van der Waals surface area contributed by atoms with Crippen molar-refractivity contribution >= 4 is 27.3 Å². The second kappa shape index (κ2) is 10.5. The number of hydrogen-bond donors (Lipinski definition) is 0. The zero-order valence-electron chi connectivity index (χ0n) is 15.3. The first-order chi connectivity index (χ1) is 11.7. The minimum atomic E-state index is 1.00. The molecule has 4 aromatic rings. The molecule has 4 heterocycles. The molecular weight excluding hydrogens is 316 g/mol. The summed E-state index contributed by atoms with van der Waals surface area (Å²) in [5.41, 5.74) is 3.08. The van der Waals surface area contributed by atoms with Gasteiger partial charge in [0, 0.05) is 18.6 Å². The van der Waals surface area contributed by atoms with E-state index in [1.165, 1.54) is 0 Å². The van der Waals surface area contributed by atoms with Gasteiger partial charge in [0.25, 0.3) is 0 Å². The van der Waals surface area contributed by atoms with Crippen LogP contribution >= 0.6 is 11.3 Å². The number of imidazole rings is 1. The fourth-order valence-corrected chi connectivity index (χ4v) is 2.70. The molecule has 0 atom stereocenters. The lowest BCUT2D eigenvalue weighted by Crippen LogP contribution is -1.77. The van der Waals surface area contributed by atoms with Crippen molar-refractivity contribution in [1.29, 1.82) is 0 Å². The van der Waals surface area contributed by atoms with Crippen LogP contribution in [0.3, 0.4) is 0 Å². The lowest BCUT2D eigenvalue weighted by Gasteiger charge is -1.86. The summed E-state index contributed by atoms with van der Waals surface area (Å²) in [7, 11) is 0. The van der Waals surface area contributed by atoms with Crippen LogP contribution in [0.25, 0.3) is 16.0 Å². The average molecular weight is 343 g/mol. The molecule has 0 saturated heterocycles. The Labute approximate surface area is 148 Å². The van der Waals surface area contributed by atoms with Gasteiger partial charge in [-0.25, -0.2) is 15.0 Å². The quantitative estimate of drug-likeness (QED) is 0.412. The first-order valence-corrected chi connectivity index (χ1v) is 9.12. The molecule has 4 aromatic heterocycles. The SMILES string of the molecule is CC.CC.Cc1cn2ccccc2n1.Cc1nc2cccnc2s1. The van der Waals surface area contributed by atoms with Gasteiger partial charge < -0.3 is 4.40 Å². The number of aromatic nitrogens is 4. The average Bonchev–Trinajstić information content (AvgIpc) is 3.19. The summed E-state index contributed by atoms with van der Waals surface area (Å²) in [4.78, 5) is 13.7. The van der Waals surface area contributed by atoms with Gasteiger partial charge >= 0.3 is 0 Å². The van der Waals surface area contributed by atoms with Crippen LogP contribution in [0.15, 0.2) is 48.9 Å². The molecule has 0 fully saturated rings. The van der Waals surface area contributed by atoms with Crippen molar-refractivity contribution in [3.8, 4) is 0 Å². The van der Waals surface area contributed by atoms with Crippen LogP contribution in [-0.4, -0.2) is 19.4 Å². The van der Waals surface area contributed by atoms with E-state index in [0.29, 0.717) is 0 Å². The van der Waals surface area contributed by atoms with Crippen LogP contribution in [0.4, 0.5) is 0 Å². The van der Waals surface area contributed by atoms with E-state index in [1.54, 1.807) is 17.5 Å². The molecule has 0 aliphatic carbocycles. The van der Waals surface area contributed by atoms with Crippen molar-refractivity contribution in [2.45, 2.75) is 41.5 Å². The number of pyridine rings is 2. The van der Waals surface area contributed by atoms with Crippen molar-refractivity contribution in [3.05, 3.63) is 59.6 Å². The highest BCUT2D eigenvalue weighted by Crippen LogP contribution is 2.17. The fraction of sp³-hybridized carbons (Fsp3) is 0.316. The van der Waals surface area contributed by atoms with Crippen molar-refractivity contribution in [2.75, 3.05) is 0 Å². The topological polar surface area (TPSA) is 43.1 Å². The van der Waals surface area contributed by atoms with Gasteiger partial charge in [-0.15, -0.1) is 0 Å². The Hall–Kier alpha value is -2.27. The van der Waals surface area contributed by atoms with Crippen molar-refractivity contribution in [3.63, 3.8) is 0 Å². The minimum Gasteiger partial charge on any atom is -0.307 e. The highest BCUT2D eigenvalue weighted by Gasteiger charge is 1.97. The van der Waals surface area contributed by atoms with E-state index >= 15 is 0 Å². The van der Waals surface area contributed by atoms with Gasteiger partial charge in [0.2, 0.25) is 0 Å². The van der Waals surface area contributed by atoms with Gasteiger partial charge in [0.15, 0.2) is 0 Å². The molecule has 0 radical (unpaired) electrons. The van der Waals surface area contributed by atoms with E-state index in [9.17, 15) is 0 Å². The lowest BCUT2D eigenvalue weighted by atomic mass is 10.5. The first kappa shape index (κ1) is 19.8. The van der Waals surface area contributed by atoms with Crippen LogP contribution in [-0.2, 0) is 0 Å². The normalized spacial score (nSPS) is 9.25. The van der Waals surface area contributed by atoms with Crippen molar-refractivity contribution < 1.29 is 0 Å². The highest BCUT2D eigenvalue weighted by molar-refractivity contribution is 7.18. The molecule has 5 heteroatoms. The molecular formula is C19H26N4S. The van der Waals surface area contributed by atoms with E-state index in [1.807, 2.05) is 88.7 Å². The number of nitrogens with zero attached hydrogens (tertiary/aromatic N) is 4. The summed E-state index contributed by atoms with van der Waals surface area (Å²) >= 11 is 1.63. The molecule has 0 amide bonds. The van der Waals surface area contributed by atoms with Crippen LogP contribution in [0.5, 0.6) is 0 Å². The van der Waals surface area contributed by atoms with Gasteiger partial charge in [-0.05, 0) is 38.1 Å². The highest BCUT2D eigenvalue weighted by atomic mass is 32.1. The Balaban J connectivity index is 0.000000199. The zero-order valence-corrected chi connectivity index (χ0v) is 16.1. The Bertz CT molecular complexity index is 710.